The standard InChI is InChI=1S/C17H21ClN4O2/c1-17(2,24-15-5-3-4-13(18)10-15)16(23)21-8-6-14(7-9-21)22-12-19-11-20-22/h3-5,10-12,14H,6-9H2,1-2H3. The van der Waals surface area contributed by atoms with Crippen LogP contribution in [0.4, 0.5) is 0 Å². The monoisotopic (exact) mass is 348 g/mol. The average molecular weight is 349 g/mol. The number of amides is 1. The highest BCUT2D eigenvalue weighted by Crippen LogP contribution is 2.26. The number of halogens is 1. The van der Waals surface area contributed by atoms with E-state index < -0.39 is 5.60 Å². The molecule has 2 heterocycles. The third-order valence-electron chi connectivity index (χ3n) is 4.25. The van der Waals surface area contributed by atoms with Crippen LogP contribution in [0.1, 0.15) is 32.7 Å². The van der Waals surface area contributed by atoms with Gasteiger partial charge in [0.2, 0.25) is 0 Å². The lowest BCUT2D eigenvalue weighted by atomic mass is 10.0. The summed E-state index contributed by atoms with van der Waals surface area (Å²) in [6.45, 7) is 4.96. The molecule has 128 valence electrons. The number of piperidine rings is 1. The molecule has 0 saturated carbocycles. The predicted octanol–water partition coefficient (Wildman–Crippen LogP) is 2.95. The molecule has 0 aliphatic carbocycles. The van der Waals surface area contributed by atoms with Gasteiger partial charge in [-0.25, -0.2) is 9.67 Å². The summed E-state index contributed by atoms with van der Waals surface area (Å²) in [5, 5.41) is 4.77. The van der Waals surface area contributed by atoms with Gasteiger partial charge in [-0.2, -0.15) is 5.10 Å². The highest BCUT2D eigenvalue weighted by molar-refractivity contribution is 6.30. The van der Waals surface area contributed by atoms with Crippen LogP contribution in [0.15, 0.2) is 36.9 Å². The van der Waals surface area contributed by atoms with Crippen LogP contribution in [-0.4, -0.2) is 44.3 Å². The van der Waals surface area contributed by atoms with Gasteiger partial charge in [-0.1, -0.05) is 17.7 Å². The summed E-state index contributed by atoms with van der Waals surface area (Å²) < 4.78 is 7.76. The molecule has 1 amide bonds. The lowest BCUT2D eigenvalue weighted by Gasteiger charge is -2.36. The second-order valence-corrected chi connectivity index (χ2v) is 6.91. The Morgan fingerprint density at radius 1 is 1.33 bits per heavy atom. The van der Waals surface area contributed by atoms with E-state index in [0.717, 1.165) is 12.8 Å². The Hall–Kier alpha value is -2.08. The molecule has 1 aromatic heterocycles. The summed E-state index contributed by atoms with van der Waals surface area (Å²) in [7, 11) is 0. The zero-order chi connectivity index (χ0) is 17.2. The number of benzene rings is 1. The lowest BCUT2D eigenvalue weighted by Crippen LogP contribution is -2.51. The summed E-state index contributed by atoms with van der Waals surface area (Å²) in [4.78, 5) is 18.7. The number of carbonyl (C=O) groups excluding carboxylic acids is 1. The molecule has 24 heavy (non-hydrogen) atoms. The summed E-state index contributed by atoms with van der Waals surface area (Å²) in [5.74, 6) is 0.581. The molecule has 0 radical (unpaired) electrons. The zero-order valence-corrected chi connectivity index (χ0v) is 14.6. The number of hydrogen-bond donors (Lipinski definition) is 0. The summed E-state index contributed by atoms with van der Waals surface area (Å²) in [5.41, 5.74) is -0.940. The fourth-order valence-corrected chi connectivity index (χ4v) is 3.17. The summed E-state index contributed by atoms with van der Waals surface area (Å²) >= 11 is 5.98. The van der Waals surface area contributed by atoms with Crippen molar-refractivity contribution in [3.05, 3.63) is 41.9 Å². The summed E-state index contributed by atoms with van der Waals surface area (Å²) in [6.07, 6.45) is 5.00. The molecule has 6 nitrogen and oxygen atoms in total. The van der Waals surface area contributed by atoms with Crippen molar-refractivity contribution in [2.75, 3.05) is 13.1 Å². The van der Waals surface area contributed by atoms with Crippen molar-refractivity contribution in [3.8, 4) is 5.75 Å². The summed E-state index contributed by atoms with van der Waals surface area (Å²) in [6, 6.07) is 7.40. The third-order valence-corrected chi connectivity index (χ3v) is 4.48. The molecule has 0 bridgehead atoms. The van der Waals surface area contributed by atoms with Gasteiger partial charge in [0, 0.05) is 18.1 Å². The minimum Gasteiger partial charge on any atom is -0.478 e. The van der Waals surface area contributed by atoms with Gasteiger partial charge in [0.15, 0.2) is 5.60 Å². The van der Waals surface area contributed by atoms with Crippen molar-refractivity contribution in [2.45, 2.75) is 38.3 Å². The van der Waals surface area contributed by atoms with Gasteiger partial charge >= 0.3 is 0 Å². The zero-order valence-electron chi connectivity index (χ0n) is 13.9. The van der Waals surface area contributed by atoms with Crippen LogP contribution in [0.25, 0.3) is 0 Å². The van der Waals surface area contributed by atoms with Crippen molar-refractivity contribution in [2.24, 2.45) is 0 Å². The van der Waals surface area contributed by atoms with Gasteiger partial charge in [0.1, 0.15) is 18.4 Å². The van der Waals surface area contributed by atoms with Crippen LogP contribution in [0.3, 0.4) is 0 Å². The lowest BCUT2D eigenvalue weighted by molar-refractivity contribution is -0.146. The molecule has 1 fully saturated rings. The van der Waals surface area contributed by atoms with Crippen LogP contribution < -0.4 is 4.74 Å². The Balaban J connectivity index is 1.61. The second kappa shape index (κ2) is 6.81. The first-order valence-electron chi connectivity index (χ1n) is 8.04. The van der Waals surface area contributed by atoms with Gasteiger partial charge in [0.25, 0.3) is 5.91 Å². The number of likely N-dealkylation sites (tertiary alicyclic amines) is 1. The van der Waals surface area contributed by atoms with E-state index in [-0.39, 0.29) is 5.91 Å². The maximum absolute atomic E-state index is 12.8. The largest absolute Gasteiger partial charge is 0.478 e. The molecular weight excluding hydrogens is 328 g/mol. The first-order valence-corrected chi connectivity index (χ1v) is 8.41. The van der Waals surface area contributed by atoms with Gasteiger partial charge in [-0.15, -0.1) is 0 Å². The smallest absolute Gasteiger partial charge is 0.266 e. The maximum Gasteiger partial charge on any atom is 0.266 e. The fraction of sp³-hybridized carbons (Fsp3) is 0.471. The normalized spacial score (nSPS) is 16.2. The van der Waals surface area contributed by atoms with Gasteiger partial charge in [0.05, 0.1) is 6.04 Å². The molecule has 1 aromatic carbocycles. The molecule has 0 atom stereocenters. The maximum atomic E-state index is 12.8. The van der Waals surface area contributed by atoms with Crippen LogP contribution in [-0.2, 0) is 4.79 Å². The number of hydrogen-bond acceptors (Lipinski definition) is 4. The van der Waals surface area contributed by atoms with Crippen molar-refractivity contribution in [1.82, 2.24) is 19.7 Å². The SMILES string of the molecule is CC(C)(Oc1cccc(Cl)c1)C(=O)N1CCC(n2cncn2)CC1. The number of nitrogens with zero attached hydrogens (tertiary/aromatic N) is 4. The van der Waals surface area contributed by atoms with E-state index in [1.54, 1.807) is 44.7 Å². The van der Waals surface area contributed by atoms with Crippen LogP contribution in [0.5, 0.6) is 5.75 Å². The van der Waals surface area contributed by atoms with Gasteiger partial charge in [-0.3, -0.25) is 4.79 Å². The Bertz CT molecular complexity index is 694. The number of rotatable bonds is 4. The Morgan fingerprint density at radius 3 is 2.71 bits per heavy atom. The van der Waals surface area contributed by atoms with E-state index in [1.807, 2.05) is 15.6 Å². The molecule has 7 heteroatoms. The topological polar surface area (TPSA) is 60.2 Å². The number of aromatic nitrogens is 3. The highest BCUT2D eigenvalue weighted by atomic mass is 35.5. The molecule has 2 aromatic rings. The van der Waals surface area contributed by atoms with Crippen molar-refractivity contribution >= 4 is 17.5 Å². The van der Waals surface area contributed by atoms with Gasteiger partial charge in [-0.05, 0) is 44.9 Å². The van der Waals surface area contributed by atoms with Crippen molar-refractivity contribution in [3.63, 3.8) is 0 Å². The minimum atomic E-state index is -0.940. The van der Waals surface area contributed by atoms with E-state index in [2.05, 4.69) is 10.1 Å². The molecule has 0 N–H and O–H groups in total. The molecule has 1 aliphatic heterocycles. The first-order chi connectivity index (χ1) is 11.5. The average Bonchev–Trinajstić information content (AvgIpc) is 3.08. The second-order valence-electron chi connectivity index (χ2n) is 6.47. The fourth-order valence-electron chi connectivity index (χ4n) is 2.99. The van der Waals surface area contributed by atoms with Crippen LogP contribution >= 0.6 is 11.6 Å². The Labute approximate surface area is 146 Å². The van der Waals surface area contributed by atoms with Gasteiger partial charge < -0.3 is 9.64 Å². The highest BCUT2D eigenvalue weighted by Gasteiger charge is 2.36. The Kier molecular flexibility index (Phi) is 4.76. The number of ether oxygens (including phenoxy) is 1. The van der Waals surface area contributed by atoms with E-state index in [1.165, 1.54) is 0 Å². The molecular formula is C17H21ClN4O2. The molecule has 1 saturated heterocycles. The first kappa shape index (κ1) is 16.8. The third kappa shape index (κ3) is 3.70. The van der Waals surface area contributed by atoms with Crippen LogP contribution in [0, 0.1) is 0 Å². The quantitative estimate of drug-likeness (QED) is 0.852. The molecule has 1 aliphatic rings. The minimum absolute atomic E-state index is 0.0143. The van der Waals surface area contributed by atoms with E-state index in [4.69, 9.17) is 16.3 Å². The van der Waals surface area contributed by atoms with Crippen molar-refractivity contribution < 1.29 is 9.53 Å². The molecule has 0 unspecified atom stereocenters. The van der Waals surface area contributed by atoms with E-state index in [9.17, 15) is 4.79 Å². The van der Waals surface area contributed by atoms with E-state index in [0.29, 0.717) is 29.9 Å². The van der Waals surface area contributed by atoms with Crippen LogP contribution in [0.2, 0.25) is 5.02 Å². The predicted molar refractivity (Wildman–Crippen MR) is 91.0 cm³/mol. The Morgan fingerprint density at radius 2 is 2.08 bits per heavy atom. The molecule has 3 rings (SSSR count). The van der Waals surface area contributed by atoms with Crippen molar-refractivity contribution in [1.29, 1.82) is 0 Å². The molecule has 0 spiro atoms. The number of carbonyl (C=O) groups is 1. The van der Waals surface area contributed by atoms with E-state index >= 15 is 0 Å².